The molecule has 1 fully saturated rings. The maximum absolute atomic E-state index is 13.3. The van der Waals surface area contributed by atoms with Crippen molar-refractivity contribution in [2.24, 2.45) is 0 Å². The molecule has 0 aromatic rings. The topological polar surface area (TPSA) is 32.3 Å². The summed E-state index contributed by atoms with van der Waals surface area (Å²) in [5.41, 5.74) is -1.30. The third-order valence-corrected chi connectivity index (χ3v) is 2.01. The van der Waals surface area contributed by atoms with Crippen molar-refractivity contribution in [2.75, 3.05) is 19.7 Å². The Morgan fingerprint density at radius 2 is 2.09 bits per heavy atom. The van der Waals surface area contributed by atoms with Crippen LogP contribution in [-0.2, 0) is 0 Å². The quantitative estimate of drug-likeness (QED) is 0.633. The zero-order valence-electron chi connectivity index (χ0n) is 6.48. The Balaban J connectivity index is 0.000001000. The number of rotatable bonds is 1. The third-order valence-electron chi connectivity index (χ3n) is 2.01. The molecule has 2 nitrogen and oxygen atoms in total. The summed E-state index contributed by atoms with van der Waals surface area (Å²) in [7, 11) is 0. The Kier molecular flexibility index (Phi) is 4.97. The minimum atomic E-state index is -1.30. The molecule has 4 heteroatoms. The normalized spacial score (nSPS) is 32.2. The van der Waals surface area contributed by atoms with E-state index < -0.39 is 5.67 Å². The number of aliphatic hydroxyl groups excluding tert-OH is 1. The number of aliphatic hydroxyl groups is 1. The van der Waals surface area contributed by atoms with Crippen LogP contribution < -0.4 is 5.32 Å². The van der Waals surface area contributed by atoms with Crippen LogP contribution >= 0.6 is 12.4 Å². The standard InChI is InChI=1S/C7H14FNO.ClH/c8-7(6-10)2-1-4-9-5-3-7;/h9-10H,1-6H2;1H/t7-;/m0./s1. The van der Waals surface area contributed by atoms with Gasteiger partial charge in [0, 0.05) is 0 Å². The van der Waals surface area contributed by atoms with Gasteiger partial charge in [0.25, 0.3) is 0 Å². The lowest BCUT2D eigenvalue weighted by Crippen LogP contribution is -2.28. The summed E-state index contributed by atoms with van der Waals surface area (Å²) in [4.78, 5) is 0. The highest BCUT2D eigenvalue weighted by Gasteiger charge is 2.28. The van der Waals surface area contributed by atoms with Gasteiger partial charge < -0.3 is 10.4 Å². The van der Waals surface area contributed by atoms with Gasteiger partial charge in [-0.1, -0.05) is 0 Å². The highest BCUT2D eigenvalue weighted by molar-refractivity contribution is 5.85. The lowest BCUT2D eigenvalue weighted by molar-refractivity contribution is 0.0596. The van der Waals surface area contributed by atoms with E-state index in [0.717, 1.165) is 13.0 Å². The fourth-order valence-electron chi connectivity index (χ4n) is 1.25. The van der Waals surface area contributed by atoms with Crippen LogP contribution in [0.3, 0.4) is 0 Å². The molecule has 0 bridgehead atoms. The SMILES string of the molecule is Cl.OC[C@]1(F)CCCNCC1. The first-order chi connectivity index (χ1) is 4.77. The summed E-state index contributed by atoms with van der Waals surface area (Å²) in [5.74, 6) is 0. The van der Waals surface area contributed by atoms with E-state index in [1.807, 2.05) is 0 Å². The predicted octanol–water partition coefficient (Wildman–Crippen LogP) is 0.882. The Morgan fingerprint density at radius 3 is 2.73 bits per heavy atom. The highest BCUT2D eigenvalue weighted by Crippen LogP contribution is 2.22. The summed E-state index contributed by atoms with van der Waals surface area (Å²) < 4.78 is 13.3. The van der Waals surface area contributed by atoms with Crippen LogP contribution in [0.4, 0.5) is 4.39 Å². The van der Waals surface area contributed by atoms with Crippen molar-refractivity contribution < 1.29 is 9.50 Å². The lowest BCUT2D eigenvalue weighted by atomic mass is 9.98. The molecule has 1 heterocycles. The molecule has 68 valence electrons. The Morgan fingerprint density at radius 1 is 1.36 bits per heavy atom. The molecule has 0 amide bonds. The first-order valence-electron chi connectivity index (χ1n) is 3.77. The van der Waals surface area contributed by atoms with Gasteiger partial charge in [0.1, 0.15) is 5.67 Å². The van der Waals surface area contributed by atoms with Gasteiger partial charge in [-0.15, -0.1) is 12.4 Å². The van der Waals surface area contributed by atoms with Gasteiger partial charge >= 0.3 is 0 Å². The van der Waals surface area contributed by atoms with Crippen molar-refractivity contribution >= 4 is 12.4 Å². The van der Waals surface area contributed by atoms with Crippen molar-refractivity contribution in [3.05, 3.63) is 0 Å². The molecule has 0 aliphatic carbocycles. The number of alkyl halides is 1. The monoisotopic (exact) mass is 183 g/mol. The van der Waals surface area contributed by atoms with Gasteiger partial charge in [-0.25, -0.2) is 4.39 Å². The first-order valence-corrected chi connectivity index (χ1v) is 3.77. The Hall–Kier alpha value is 0.140. The van der Waals surface area contributed by atoms with Gasteiger partial charge in [0.05, 0.1) is 6.61 Å². The second-order valence-corrected chi connectivity index (χ2v) is 2.91. The molecule has 0 spiro atoms. The molecule has 1 rings (SSSR count). The molecule has 1 aliphatic rings. The average molecular weight is 184 g/mol. The minimum Gasteiger partial charge on any atom is -0.393 e. The number of hydrogen-bond acceptors (Lipinski definition) is 2. The van der Waals surface area contributed by atoms with Gasteiger partial charge in [0.15, 0.2) is 0 Å². The molecule has 0 aromatic carbocycles. The Labute approximate surface area is 72.6 Å². The molecule has 1 saturated heterocycles. The van der Waals surface area contributed by atoms with Gasteiger partial charge in [-0.3, -0.25) is 0 Å². The second kappa shape index (κ2) is 4.91. The third kappa shape index (κ3) is 3.36. The smallest absolute Gasteiger partial charge is 0.135 e. The average Bonchev–Trinajstić information content (AvgIpc) is 2.15. The summed E-state index contributed by atoms with van der Waals surface area (Å²) in [5, 5.41) is 11.8. The maximum Gasteiger partial charge on any atom is 0.135 e. The van der Waals surface area contributed by atoms with E-state index in [4.69, 9.17) is 5.11 Å². The fourth-order valence-corrected chi connectivity index (χ4v) is 1.25. The van der Waals surface area contributed by atoms with Gasteiger partial charge in [0.2, 0.25) is 0 Å². The van der Waals surface area contributed by atoms with Crippen LogP contribution in [0.25, 0.3) is 0 Å². The molecular weight excluding hydrogens is 169 g/mol. The van der Waals surface area contributed by atoms with E-state index in [1.165, 1.54) is 0 Å². The predicted molar refractivity (Wildman–Crippen MR) is 44.9 cm³/mol. The van der Waals surface area contributed by atoms with E-state index in [0.29, 0.717) is 19.4 Å². The van der Waals surface area contributed by atoms with Crippen molar-refractivity contribution in [1.82, 2.24) is 5.32 Å². The zero-order valence-corrected chi connectivity index (χ0v) is 7.29. The molecular formula is C7H15ClFNO. The maximum atomic E-state index is 13.3. The first kappa shape index (κ1) is 11.1. The molecule has 1 atom stereocenters. The van der Waals surface area contributed by atoms with E-state index in [-0.39, 0.29) is 19.0 Å². The number of nitrogens with one attached hydrogen (secondary N) is 1. The summed E-state index contributed by atoms with van der Waals surface area (Å²) in [6.07, 6.45) is 1.77. The van der Waals surface area contributed by atoms with Crippen LogP contribution in [0.15, 0.2) is 0 Å². The number of hydrogen-bond donors (Lipinski definition) is 2. The highest BCUT2D eigenvalue weighted by atomic mass is 35.5. The largest absolute Gasteiger partial charge is 0.393 e. The van der Waals surface area contributed by atoms with Crippen LogP contribution in [0, 0.1) is 0 Å². The zero-order chi connectivity index (χ0) is 7.45. The van der Waals surface area contributed by atoms with E-state index in [2.05, 4.69) is 5.32 Å². The lowest BCUT2D eigenvalue weighted by Gasteiger charge is -2.19. The molecule has 2 N–H and O–H groups in total. The minimum absolute atomic E-state index is 0. The van der Waals surface area contributed by atoms with E-state index in [9.17, 15) is 4.39 Å². The van der Waals surface area contributed by atoms with Crippen LogP contribution in [0.2, 0.25) is 0 Å². The van der Waals surface area contributed by atoms with Crippen LogP contribution in [0.5, 0.6) is 0 Å². The molecule has 11 heavy (non-hydrogen) atoms. The fraction of sp³-hybridized carbons (Fsp3) is 1.00. The van der Waals surface area contributed by atoms with Crippen molar-refractivity contribution in [3.63, 3.8) is 0 Å². The van der Waals surface area contributed by atoms with Crippen LogP contribution in [0.1, 0.15) is 19.3 Å². The van der Waals surface area contributed by atoms with E-state index in [1.54, 1.807) is 0 Å². The van der Waals surface area contributed by atoms with E-state index >= 15 is 0 Å². The van der Waals surface area contributed by atoms with Crippen molar-refractivity contribution in [3.8, 4) is 0 Å². The van der Waals surface area contributed by atoms with Gasteiger partial charge in [-0.2, -0.15) is 0 Å². The molecule has 1 aliphatic heterocycles. The molecule has 0 radical (unpaired) electrons. The van der Waals surface area contributed by atoms with Crippen molar-refractivity contribution in [1.29, 1.82) is 0 Å². The molecule has 0 saturated carbocycles. The van der Waals surface area contributed by atoms with Crippen LogP contribution in [-0.4, -0.2) is 30.5 Å². The molecule has 0 unspecified atom stereocenters. The Bertz CT molecular complexity index is 105. The van der Waals surface area contributed by atoms with Crippen molar-refractivity contribution in [2.45, 2.75) is 24.9 Å². The molecule has 0 aromatic heterocycles. The second-order valence-electron chi connectivity index (χ2n) is 2.91. The number of halogens is 2. The summed E-state index contributed by atoms with van der Waals surface area (Å²) in [6.45, 7) is 1.25. The van der Waals surface area contributed by atoms with Gasteiger partial charge in [-0.05, 0) is 32.4 Å². The summed E-state index contributed by atoms with van der Waals surface area (Å²) in [6, 6.07) is 0. The summed E-state index contributed by atoms with van der Waals surface area (Å²) >= 11 is 0.